The number of carbonyl (C=O) groups is 2. The van der Waals surface area contributed by atoms with Crippen LogP contribution in [0, 0.1) is 5.82 Å². The topological polar surface area (TPSA) is 61.9 Å². The van der Waals surface area contributed by atoms with Gasteiger partial charge in [-0.05, 0) is 26.0 Å². The number of hydrogen-bond donors (Lipinski definition) is 1. The van der Waals surface area contributed by atoms with Crippen LogP contribution in [0.25, 0.3) is 0 Å². The van der Waals surface area contributed by atoms with Crippen LogP contribution in [-0.4, -0.2) is 36.5 Å². The lowest BCUT2D eigenvalue weighted by Crippen LogP contribution is -2.59. The minimum atomic E-state index is -0.627. The van der Waals surface area contributed by atoms with Crippen molar-refractivity contribution in [1.29, 1.82) is 0 Å². The number of imide groups is 1. The number of amides is 3. The van der Waals surface area contributed by atoms with E-state index < -0.39 is 11.8 Å². The molecule has 1 aliphatic heterocycles. The zero-order valence-electron chi connectivity index (χ0n) is 11.5. The summed E-state index contributed by atoms with van der Waals surface area (Å²) in [6.07, 6.45) is -0.0706. The van der Waals surface area contributed by atoms with Gasteiger partial charge < -0.3 is 4.74 Å². The fourth-order valence-corrected chi connectivity index (χ4v) is 1.79. The highest BCUT2D eigenvalue weighted by molar-refractivity contribution is 6.05. The van der Waals surface area contributed by atoms with Gasteiger partial charge in [-0.1, -0.05) is 0 Å². The number of hydrogen-bond acceptors (Lipinski definition) is 4. The van der Waals surface area contributed by atoms with Crippen molar-refractivity contribution in [2.75, 3.05) is 18.6 Å². The van der Waals surface area contributed by atoms with E-state index in [1.807, 2.05) is 13.8 Å². The molecule has 3 amide bonds. The van der Waals surface area contributed by atoms with Crippen LogP contribution in [0.4, 0.5) is 14.9 Å². The van der Waals surface area contributed by atoms with E-state index in [0.29, 0.717) is 5.75 Å². The van der Waals surface area contributed by atoms with Crippen molar-refractivity contribution < 1.29 is 18.7 Å². The minimum Gasteiger partial charge on any atom is -0.491 e. The van der Waals surface area contributed by atoms with Gasteiger partial charge in [0.1, 0.15) is 5.75 Å². The molecule has 0 radical (unpaired) electrons. The number of urea groups is 1. The molecule has 108 valence electrons. The molecule has 0 atom stereocenters. The van der Waals surface area contributed by atoms with E-state index >= 15 is 0 Å². The second kappa shape index (κ2) is 5.46. The third kappa shape index (κ3) is 2.72. The quantitative estimate of drug-likeness (QED) is 0.912. The first-order valence-corrected chi connectivity index (χ1v) is 6.20. The first kappa shape index (κ1) is 14.3. The van der Waals surface area contributed by atoms with Crippen LogP contribution in [0.3, 0.4) is 0 Å². The highest BCUT2D eigenvalue weighted by Crippen LogP contribution is 2.25. The van der Waals surface area contributed by atoms with E-state index in [-0.39, 0.29) is 24.2 Å². The number of carbonyl (C=O) groups excluding carboxylic acids is 2. The van der Waals surface area contributed by atoms with Crippen LogP contribution in [0.5, 0.6) is 5.75 Å². The Labute approximate surface area is 116 Å². The third-order valence-electron chi connectivity index (χ3n) is 2.77. The normalized spacial score (nSPS) is 16.1. The maximum atomic E-state index is 14.1. The summed E-state index contributed by atoms with van der Waals surface area (Å²) in [6.45, 7) is 3.61. The number of benzene rings is 1. The van der Waals surface area contributed by atoms with Gasteiger partial charge in [0.05, 0.1) is 18.3 Å². The molecule has 0 unspecified atom stereocenters. The number of hydrazine groups is 1. The van der Waals surface area contributed by atoms with Crippen molar-refractivity contribution in [3.63, 3.8) is 0 Å². The average Bonchev–Trinajstić information content (AvgIpc) is 2.37. The largest absolute Gasteiger partial charge is 0.491 e. The molecule has 1 aliphatic rings. The van der Waals surface area contributed by atoms with Crippen LogP contribution < -0.4 is 15.2 Å². The summed E-state index contributed by atoms with van der Waals surface area (Å²) < 4.78 is 19.4. The van der Waals surface area contributed by atoms with Crippen LogP contribution >= 0.6 is 0 Å². The molecule has 1 N–H and O–H groups in total. The molecular weight excluding hydrogens is 265 g/mol. The van der Waals surface area contributed by atoms with Crippen molar-refractivity contribution in [1.82, 2.24) is 10.3 Å². The van der Waals surface area contributed by atoms with Gasteiger partial charge in [-0.25, -0.2) is 19.6 Å². The predicted molar refractivity (Wildman–Crippen MR) is 70.8 cm³/mol. The molecule has 0 spiro atoms. The van der Waals surface area contributed by atoms with Gasteiger partial charge in [0.2, 0.25) is 5.91 Å². The van der Waals surface area contributed by atoms with Gasteiger partial charge in [0, 0.05) is 13.1 Å². The Balaban J connectivity index is 2.25. The van der Waals surface area contributed by atoms with Gasteiger partial charge in [0.15, 0.2) is 5.82 Å². The van der Waals surface area contributed by atoms with E-state index in [1.165, 1.54) is 19.2 Å². The number of nitrogens with one attached hydrogen (secondary N) is 1. The molecule has 0 bridgehead atoms. The number of rotatable bonds is 3. The van der Waals surface area contributed by atoms with E-state index in [9.17, 15) is 14.0 Å². The van der Waals surface area contributed by atoms with Gasteiger partial charge in [0.25, 0.3) is 0 Å². The number of halogens is 1. The van der Waals surface area contributed by atoms with Crippen molar-refractivity contribution >= 4 is 17.6 Å². The second-order valence-electron chi connectivity index (χ2n) is 4.69. The van der Waals surface area contributed by atoms with Crippen molar-refractivity contribution in [3.8, 4) is 5.75 Å². The maximum absolute atomic E-state index is 14.1. The van der Waals surface area contributed by atoms with E-state index in [2.05, 4.69) is 5.43 Å². The molecule has 1 heterocycles. The summed E-state index contributed by atoms with van der Waals surface area (Å²) in [5, 5.41) is 1.01. The molecule has 1 aromatic rings. The minimum absolute atomic E-state index is 0.0467. The van der Waals surface area contributed by atoms with E-state index in [1.54, 1.807) is 6.07 Å². The fraction of sp³-hybridized carbons (Fsp3) is 0.385. The first-order valence-electron chi connectivity index (χ1n) is 6.20. The standard InChI is InChI=1S/C13H16FN3O3/c1-8(2)20-9-4-5-11(10(14)6-9)17-13(19)16(3)12(18)7-15-17/h4-6,8,15H,7H2,1-3H3. The molecule has 0 saturated carbocycles. The fourth-order valence-electron chi connectivity index (χ4n) is 1.79. The van der Waals surface area contributed by atoms with Crippen molar-refractivity contribution in [2.45, 2.75) is 20.0 Å². The zero-order valence-corrected chi connectivity index (χ0v) is 11.5. The van der Waals surface area contributed by atoms with Crippen LogP contribution in [0.15, 0.2) is 18.2 Å². The SMILES string of the molecule is CC(C)Oc1ccc(N2NCC(=O)N(C)C2=O)c(F)c1. The smallest absolute Gasteiger partial charge is 0.345 e. The van der Waals surface area contributed by atoms with E-state index in [0.717, 1.165) is 9.91 Å². The Morgan fingerprint density at radius 3 is 2.65 bits per heavy atom. The molecule has 0 aromatic heterocycles. The highest BCUT2D eigenvalue weighted by Gasteiger charge is 2.31. The van der Waals surface area contributed by atoms with Gasteiger partial charge >= 0.3 is 6.03 Å². The van der Waals surface area contributed by atoms with Gasteiger partial charge in [-0.2, -0.15) is 0 Å². The molecule has 1 fully saturated rings. The number of anilines is 1. The van der Waals surface area contributed by atoms with Gasteiger partial charge in [-0.3, -0.25) is 9.69 Å². The summed E-state index contributed by atoms with van der Waals surface area (Å²) >= 11 is 0. The molecule has 2 rings (SSSR count). The average molecular weight is 281 g/mol. The lowest BCUT2D eigenvalue weighted by atomic mass is 10.2. The number of nitrogens with zero attached hydrogens (tertiary/aromatic N) is 2. The Morgan fingerprint density at radius 1 is 1.35 bits per heavy atom. The zero-order chi connectivity index (χ0) is 14.9. The predicted octanol–water partition coefficient (Wildman–Crippen LogP) is 1.52. The molecule has 6 nitrogen and oxygen atoms in total. The number of ether oxygens (including phenoxy) is 1. The maximum Gasteiger partial charge on any atom is 0.345 e. The Kier molecular flexibility index (Phi) is 3.89. The van der Waals surface area contributed by atoms with Crippen molar-refractivity contribution in [3.05, 3.63) is 24.0 Å². The summed E-state index contributed by atoms with van der Waals surface area (Å²) in [5.74, 6) is -0.590. The van der Waals surface area contributed by atoms with Gasteiger partial charge in [-0.15, -0.1) is 0 Å². The number of likely N-dealkylation sites (N-methyl/N-ethyl adjacent to an activating group) is 1. The lowest BCUT2D eigenvalue weighted by Gasteiger charge is -2.32. The summed E-state index contributed by atoms with van der Waals surface area (Å²) in [5.41, 5.74) is 2.62. The van der Waals surface area contributed by atoms with Crippen molar-refractivity contribution in [2.24, 2.45) is 0 Å². The Hall–Kier alpha value is -2.15. The highest BCUT2D eigenvalue weighted by atomic mass is 19.1. The molecule has 1 saturated heterocycles. The third-order valence-corrected chi connectivity index (χ3v) is 2.77. The van der Waals surface area contributed by atoms with Crippen LogP contribution in [0.2, 0.25) is 0 Å². The Morgan fingerprint density at radius 2 is 2.05 bits per heavy atom. The molecule has 7 heteroatoms. The second-order valence-corrected chi connectivity index (χ2v) is 4.69. The molecule has 0 aliphatic carbocycles. The lowest BCUT2D eigenvalue weighted by molar-refractivity contribution is -0.127. The summed E-state index contributed by atoms with van der Waals surface area (Å²) in [4.78, 5) is 24.2. The Bertz CT molecular complexity index is 548. The first-order chi connectivity index (χ1) is 9.40. The molecule has 1 aromatic carbocycles. The monoisotopic (exact) mass is 281 g/mol. The van der Waals surface area contributed by atoms with E-state index in [4.69, 9.17) is 4.74 Å². The van der Waals surface area contributed by atoms with Crippen LogP contribution in [-0.2, 0) is 4.79 Å². The summed E-state index contributed by atoms with van der Waals surface area (Å²) in [6, 6.07) is 3.59. The summed E-state index contributed by atoms with van der Waals surface area (Å²) in [7, 11) is 1.35. The molecular formula is C13H16FN3O3. The molecule has 20 heavy (non-hydrogen) atoms. The van der Waals surface area contributed by atoms with Crippen LogP contribution in [0.1, 0.15) is 13.8 Å².